The normalized spacial score (nSPS) is 15.0. The number of morpholine rings is 1. The summed E-state index contributed by atoms with van der Waals surface area (Å²) in [5.41, 5.74) is 2.38. The molecule has 7 heteroatoms. The van der Waals surface area contributed by atoms with Crippen molar-refractivity contribution in [3.05, 3.63) is 45.9 Å². The zero-order valence-corrected chi connectivity index (χ0v) is 15.9. The van der Waals surface area contributed by atoms with Gasteiger partial charge >= 0.3 is 5.97 Å². The summed E-state index contributed by atoms with van der Waals surface area (Å²) >= 11 is 1.36. The molecule has 1 N–H and O–H groups in total. The molecule has 6 nitrogen and oxygen atoms in total. The Morgan fingerprint density at radius 1 is 1.31 bits per heavy atom. The number of benzene rings is 1. The lowest BCUT2D eigenvalue weighted by atomic mass is 10.1. The van der Waals surface area contributed by atoms with E-state index in [2.05, 4.69) is 39.5 Å². The third-order valence-electron chi connectivity index (χ3n) is 4.25. The zero-order chi connectivity index (χ0) is 18.2. The first-order valence-electron chi connectivity index (χ1n) is 8.99. The van der Waals surface area contributed by atoms with Crippen LogP contribution >= 0.6 is 11.3 Å². The standard InChI is InChI=1S/C19H25N3O3S/c1-2-25-19(23)17-13-21-18(26-17)14-20-16-5-3-15(4-6-16)7-8-22-9-11-24-12-10-22/h3-6,13,20H,2,7-12,14H2,1H3. The number of carbonyl (C=O) groups excluding carboxylic acids is 1. The second-order valence-electron chi connectivity index (χ2n) is 6.09. The second kappa shape index (κ2) is 9.66. The third-order valence-corrected chi connectivity index (χ3v) is 5.23. The van der Waals surface area contributed by atoms with Gasteiger partial charge in [0.1, 0.15) is 9.88 Å². The molecule has 0 unspecified atom stereocenters. The Hall–Kier alpha value is -1.96. The molecule has 0 amide bonds. The molecular weight excluding hydrogens is 350 g/mol. The van der Waals surface area contributed by atoms with E-state index in [9.17, 15) is 4.79 Å². The maximum atomic E-state index is 11.7. The molecule has 0 atom stereocenters. The summed E-state index contributed by atoms with van der Waals surface area (Å²) < 4.78 is 10.4. The monoisotopic (exact) mass is 375 g/mol. The van der Waals surface area contributed by atoms with Crippen LogP contribution in [0.2, 0.25) is 0 Å². The lowest BCUT2D eigenvalue weighted by Crippen LogP contribution is -2.37. The number of carbonyl (C=O) groups is 1. The number of nitrogens with zero attached hydrogens (tertiary/aromatic N) is 2. The molecule has 140 valence electrons. The van der Waals surface area contributed by atoms with Gasteiger partial charge in [-0.05, 0) is 31.0 Å². The Kier molecular flexibility index (Phi) is 6.99. The molecule has 0 aliphatic carbocycles. The predicted molar refractivity (Wildman–Crippen MR) is 103 cm³/mol. The zero-order valence-electron chi connectivity index (χ0n) is 15.1. The highest BCUT2D eigenvalue weighted by atomic mass is 32.1. The van der Waals surface area contributed by atoms with E-state index in [0.717, 1.165) is 50.0 Å². The Labute approximate surface area is 158 Å². The van der Waals surface area contributed by atoms with Crippen LogP contribution in [0.3, 0.4) is 0 Å². The highest BCUT2D eigenvalue weighted by Crippen LogP contribution is 2.17. The van der Waals surface area contributed by atoms with Gasteiger partial charge in [0, 0.05) is 25.3 Å². The summed E-state index contributed by atoms with van der Waals surface area (Å²) in [5.74, 6) is -0.305. The fourth-order valence-corrected chi connectivity index (χ4v) is 3.52. The molecule has 2 heterocycles. The van der Waals surface area contributed by atoms with Gasteiger partial charge in [-0.1, -0.05) is 12.1 Å². The van der Waals surface area contributed by atoms with Gasteiger partial charge in [-0.25, -0.2) is 9.78 Å². The molecule has 1 saturated heterocycles. The Morgan fingerprint density at radius 2 is 2.08 bits per heavy atom. The Balaban J connectivity index is 1.44. The van der Waals surface area contributed by atoms with E-state index in [0.29, 0.717) is 18.0 Å². The first kappa shape index (κ1) is 18.8. The molecule has 0 saturated carbocycles. The smallest absolute Gasteiger partial charge is 0.349 e. The van der Waals surface area contributed by atoms with Crippen LogP contribution in [0.1, 0.15) is 27.2 Å². The van der Waals surface area contributed by atoms with E-state index in [-0.39, 0.29) is 5.97 Å². The largest absolute Gasteiger partial charge is 0.462 e. The first-order valence-corrected chi connectivity index (χ1v) is 9.81. The lowest BCUT2D eigenvalue weighted by Gasteiger charge is -2.26. The summed E-state index contributed by atoms with van der Waals surface area (Å²) in [4.78, 5) is 18.9. The van der Waals surface area contributed by atoms with Crippen molar-refractivity contribution in [1.29, 1.82) is 0 Å². The van der Waals surface area contributed by atoms with Crippen LogP contribution in [0.15, 0.2) is 30.5 Å². The van der Waals surface area contributed by atoms with Crippen molar-refractivity contribution in [3.8, 4) is 0 Å². The van der Waals surface area contributed by atoms with Crippen molar-refractivity contribution >= 4 is 23.0 Å². The maximum absolute atomic E-state index is 11.7. The van der Waals surface area contributed by atoms with Gasteiger partial charge in [0.05, 0.1) is 32.6 Å². The van der Waals surface area contributed by atoms with Crippen LogP contribution in [-0.2, 0) is 22.4 Å². The van der Waals surface area contributed by atoms with Gasteiger partial charge < -0.3 is 14.8 Å². The van der Waals surface area contributed by atoms with Crippen LogP contribution in [0, 0.1) is 0 Å². The van der Waals surface area contributed by atoms with Gasteiger partial charge in [0.15, 0.2) is 0 Å². The van der Waals surface area contributed by atoms with Crippen LogP contribution in [-0.4, -0.2) is 55.3 Å². The number of thiazole rings is 1. The van der Waals surface area contributed by atoms with Crippen molar-refractivity contribution in [1.82, 2.24) is 9.88 Å². The number of aromatic nitrogens is 1. The number of esters is 1. The molecular formula is C19H25N3O3S. The average Bonchev–Trinajstić information content (AvgIpc) is 3.16. The van der Waals surface area contributed by atoms with Gasteiger partial charge in [-0.2, -0.15) is 0 Å². The van der Waals surface area contributed by atoms with Crippen molar-refractivity contribution < 1.29 is 14.3 Å². The Bertz CT molecular complexity index is 696. The summed E-state index contributed by atoms with van der Waals surface area (Å²) in [6.45, 7) is 7.59. The molecule has 3 rings (SSSR count). The van der Waals surface area contributed by atoms with Crippen molar-refractivity contribution in [2.75, 3.05) is 44.8 Å². The number of nitrogens with one attached hydrogen (secondary N) is 1. The van der Waals surface area contributed by atoms with Crippen LogP contribution in [0.25, 0.3) is 0 Å². The maximum Gasteiger partial charge on any atom is 0.349 e. The minimum Gasteiger partial charge on any atom is -0.462 e. The summed E-state index contributed by atoms with van der Waals surface area (Å²) in [6.07, 6.45) is 2.63. The van der Waals surface area contributed by atoms with E-state index in [1.54, 1.807) is 13.1 Å². The van der Waals surface area contributed by atoms with Crippen molar-refractivity contribution in [2.24, 2.45) is 0 Å². The highest BCUT2D eigenvalue weighted by Gasteiger charge is 2.11. The molecule has 0 radical (unpaired) electrons. The minimum atomic E-state index is -0.305. The topological polar surface area (TPSA) is 63.7 Å². The van der Waals surface area contributed by atoms with Gasteiger partial charge in [-0.3, -0.25) is 4.90 Å². The second-order valence-corrected chi connectivity index (χ2v) is 7.21. The molecule has 1 aromatic carbocycles. The number of anilines is 1. The lowest BCUT2D eigenvalue weighted by molar-refractivity contribution is 0.0384. The van der Waals surface area contributed by atoms with E-state index in [1.807, 2.05) is 0 Å². The van der Waals surface area contributed by atoms with E-state index < -0.39 is 0 Å². The van der Waals surface area contributed by atoms with Crippen molar-refractivity contribution in [3.63, 3.8) is 0 Å². The number of hydrogen-bond donors (Lipinski definition) is 1. The highest BCUT2D eigenvalue weighted by molar-refractivity contribution is 7.13. The van der Waals surface area contributed by atoms with E-state index in [4.69, 9.17) is 9.47 Å². The summed E-state index contributed by atoms with van der Waals surface area (Å²) in [7, 11) is 0. The fraction of sp³-hybridized carbons (Fsp3) is 0.474. The molecule has 2 aromatic rings. The first-order chi connectivity index (χ1) is 12.7. The van der Waals surface area contributed by atoms with E-state index >= 15 is 0 Å². The van der Waals surface area contributed by atoms with E-state index in [1.165, 1.54) is 16.9 Å². The molecule has 1 aliphatic rings. The van der Waals surface area contributed by atoms with Crippen LogP contribution in [0.5, 0.6) is 0 Å². The molecule has 26 heavy (non-hydrogen) atoms. The minimum absolute atomic E-state index is 0.305. The van der Waals surface area contributed by atoms with Gasteiger partial charge in [0.2, 0.25) is 0 Å². The molecule has 1 aliphatic heterocycles. The number of rotatable bonds is 8. The average molecular weight is 375 g/mol. The summed E-state index contributed by atoms with van der Waals surface area (Å²) in [5, 5.41) is 4.21. The van der Waals surface area contributed by atoms with Gasteiger partial charge in [0.25, 0.3) is 0 Å². The SMILES string of the molecule is CCOC(=O)c1cnc(CNc2ccc(CCN3CCOCC3)cc2)s1. The molecule has 0 spiro atoms. The predicted octanol–water partition coefficient (Wildman–Crippen LogP) is 2.81. The molecule has 1 fully saturated rings. The van der Waals surface area contributed by atoms with Crippen LogP contribution < -0.4 is 5.32 Å². The summed E-state index contributed by atoms with van der Waals surface area (Å²) in [6, 6.07) is 8.51. The van der Waals surface area contributed by atoms with Crippen molar-refractivity contribution in [2.45, 2.75) is 19.9 Å². The fourth-order valence-electron chi connectivity index (χ4n) is 2.77. The van der Waals surface area contributed by atoms with Gasteiger partial charge in [-0.15, -0.1) is 11.3 Å². The van der Waals surface area contributed by atoms with Crippen LogP contribution in [0.4, 0.5) is 5.69 Å². The number of hydrogen-bond acceptors (Lipinski definition) is 7. The Morgan fingerprint density at radius 3 is 2.81 bits per heavy atom. The molecule has 0 bridgehead atoms. The number of ether oxygens (including phenoxy) is 2. The molecule has 1 aromatic heterocycles. The third kappa shape index (κ3) is 5.52. The quantitative estimate of drug-likeness (QED) is 0.716.